The minimum absolute atomic E-state index is 0.0224. The van der Waals surface area contributed by atoms with E-state index in [2.05, 4.69) is 11.0 Å². The van der Waals surface area contributed by atoms with Crippen molar-refractivity contribution < 1.29 is 12.8 Å². The standard InChI is InChI=1S/C23H20FN5O2S/c1-28(15-16-7-3-2-4-8-16)21-19-9-5-6-10-20(19)29-22(25-21)23(26-27-29)32(30,31)18-13-11-17(24)12-14-18/h2-14,26-27H,15H2,1H3. The molecule has 0 saturated carbocycles. The summed E-state index contributed by atoms with van der Waals surface area (Å²) in [5.41, 5.74) is 8.38. The SMILES string of the molecule is CN(Cc1ccccc1)C1=NC2=C(S(=O)(=O)c3ccc(F)cc3)NNN2c2ccccc21. The maximum atomic E-state index is 13.3. The lowest BCUT2D eigenvalue weighted by Gasteiger charge is -2.31. The topological polar surface area (TPSA) is 77.0 Å². The molecule has 162 valence electrons. The van der Waals surface area contributed by atoms with Crippen molar-refractivity contribution in [3.8, 4) is 0 Å². The number of hydrogen-bond donors (Lipinski definition) is 2. The number of para-hydroxylation sites is 1. The van der Waals surface area contributed by atoms with Gasteiger partial charge < -0.3 is 4.90 Å². The first kappa shape index (κ1) is 20.2. The maximum Gasteiger partial charge on any atom is 0.226 e. The van der Waals surface area contributed by atoms with Crippen molar-refractivity contribution in [1.82, 2.24) is 15.9 Å². The normalized spacial score (nSPS) is 15.1. The molecule has 9 heteroatoms. The molecule has 0 fully saturated rings. The van der Waals surface area contributed by atoms with Gasteiger partial charge in [-0.3, -0.25) is 5.43 Å². The number of anilines is 1. The molecule has 3 aromatic rings. The Morgan fingerprint density at radius 2 is 1.66 bits per heavy atom. The van der Waals surface area contributed by atoms with Crippen molar-refractivity contribution in [2.75, 3.05) is 12.1 Å². The maximum absolute atomic E-state index is 13.3. The summed E-state index contributed by atoms with van der Waals surface area (Å²) in [6, 6.07) is 22.3. The average Bonchev–Trinajstić information content (AvgIpc) is 3.25. The number of sulfone groups is 1. The molecule has 0 amide bonds. The second kappa shape index (κ2) is 7.77. The highest BCUT2D eigenvalue weighted by Gasteiger charge is 2.38. The molecule has 5 rings (SSSR count). The predicted octanol–water partition coefficient (Wildman–Crippen LogP) is 3.15. The second-order valence-electron chi connectivity index (χ2n) is 7.48. The first-order chi connectivity index (χ1) is 15.4. The van der Waals surface area contributed by atoms with E-state index < -0.39 is 15.7 Å². The third-order valence-corrected chi connectivity index (χ3v) is 7.03. The Kier molecular flexibility index (Phi) is 4.91. The van der Waals surface area contributed by atoms with Gasteiger partial charge in [0, 0.05) is 19.2 Å². The highest BCUT2D eigenvalue weighted by atomic mass is 32.2. The largest absolute Gasteiger partial charge is 0.355 e. The number of fused-ring (bicyclic) bond motifs is 3. The zero-order valence-corrected chi connectivity index (χ0v) is 18.0. The number of halogens is 1. The summed E-state index contributed by atoms with van der Waals surface area (Å²) in [6.45, 7) is 0.599. The van der Waals surface area contributed by atoms with E-state index in [1.165, 1.54) is 12.1 Å². The van der Waals surface area contributed by atoms with Crippen molar-refractivity contribution in [3.05, 3.63) is 107 Å². The van der Waals surface area contributed by atoms with E-state index in [9.17, 15) is 12.8 Å². The Bertz CT molecular complexity index is 1340. The molecule has 32 heavy (non-hydrogen) atoms. The Hall–Kier alpha value is -3.69. The number of aliphatic imine (C=N–C) groups is 1. The summed E-state index contributed by atoms with van der Waals surface area (Å²) in [7, 11) is -2.04. The zero-order valence-electron chi connectivity index (χ0n) is 17.2. The molecule has 0 aliphatic carbocycles. The third kappa shape index (κ3) is 3.41. The third-order valence-electron chi connectivity index (χ3n) is 5.31. The van der Waals surface area contributed by atoms with Crippen LogP contribution in [0.25, 0.3) is 0 Å². The molecule has 0 atom stereocenters. The molecule has 2 heterocycles. The summed E-state index contributed by atoms with van der Waals surface area (Å²) in [5, 5.41) is 1.51. The lowest BCUT2D eigenvalue weighted by molar-refractivity contribution is 0.498. The van der Waals surface area contributed by atoms with Gasteiger partial charge in [-0.1, -0.05) is 42.5 Å². The average molecular weight is 450 g/mol. The van der Waals surface area contributed by atoms with Crippen molar-refractivity contribution in [1.29, 1.82) is 0 Å². The lowest BCUT2D eigenvalue weighted by Crippen LogP contribution is -2.42. The van der Waals surface area contributed by atoms with Crippen LogP contribution in [0.4, 0.5) is 10.1 Å². The molecule has 0 aromatic heterocycles. The number of nitrogens with zero attached hydrogens (tertiary/aromatic N) is 3. The van der Waals surface area contributed by atoms with E-state index >= 15 is 0 Å². The van der Waals surface area contributed by atoms with Crippen LogP contribution in [0.1, 0.15) is 11.1 Å². The van der Waals surface area contributed by atoms with Gasteiger partial charge in [0.15, 0.2) is 10.9 Å². The second-order valence-corrected chi connectivity index (χ2v) is 9.36. The molecule has 0 bridgehead atoms. The van der Waals surface area contributed by atoms with E-state index in [-0.39, 0.29) is 15.7 Å². The molecule has 2 aliphatic rings. The molecular formula is C23H20FN5O2S. The van der Waals surface area contributed by atoms with E-state index in [4.69, 9.17) is 4.99 Å². The summed E-state index contributed by atoms with van der Waals surface area (Å²) in [4.78, 5) is 6.70. The van der Waals surface area contributed by atoms with Crippen molar-refractivity contribution in [2.45, 2.75) is 11.4 Å². The van der Waals surface area contributed by atoms with Gasteiger partial charge in [0.2, 0.25) is 9.84 Å². The number of nitrogens with one attached hydrogen (secondary N) is 2. The Balaban J connectivity index is 1.62. The first-order valence-corrected chi connectivity index (χ1v) is 11.4. The number of amidine groups is 1. The quantitative estimate of drug-likeness (QED) is 0.596. The van der Waals surface area contributed by atoms with Crippen LogP contribution in [-0.4, -0.2) is 26.2 Å². The van der Waals surface area contributed by atoms with Crippen LogP contribution in [0.2, 0.25) is 0 Å². The smallest absolute Gasteiger partial charge is 0.226 e. The predicted molar refractivity (Wildman–Crippen MR) is 120 cm³/mol. The van der Waals surface area contributed by atoms with Gasteiger partial charge in [-0.2, -0.15) is 0 Å². The van der Waals surface area contributed by atoms with E-state index in [1.807, 2.05) is 66.5 Å². The minimum atomic E-state index is -3.96. The summed E-state index contributed by atoms with van der Waals surface area (Å²) in [5.74, 6) is 0.367. The van der Waals surface area contributed by atoms with Gasteiger partial charge in [0.1, 0.15) is 11.7 Å². The molecular weight excluding hydrogens is 429 g/mol. The fourth-order valence-electron chi connectivity index (χ4n) is 3.75. The van der Waals surface area contributed by atoms with Gasteiger partial charge in [-0.15, -0.1) is 5.53 Å². The van der Waals surface area contributed by atoms with Crippen LogP contribution in [0, 0.1) is 5.82 Å². The number of rotatable bonds is 4. The van der Waals surface area contributed by atoms with Gasteiger partial charge in [-0.05, 0) is 42.0 Å². The van der Waals surface area contributed by atoms with Crippen molar-refractivity contribution in [2.24, 2.45) is 4.99 Å². The number of hydrogen-bond acceptors (Lipinski definition) is 7. The van der Waals surface area contributed by atoms with Gasteiger partial charge >= 0.3 is 0 Å². The van der Waals surface area contributed by atoms with E-state index in [0.717, 1.165) is 28.9 Å². The van der Waals surface area contributed by atoms with Gasteiger partial charge in [-0.25, -0.2) is 22.8 Å². The number of hydrazine groups is 2. The highest BCUT2D eigenvalue weighted by molar-refractivity contribution is 7.95. The van der Waals surface area contributed by atoms with Crippen LogP contribution in [0.15, 0.2) is 99.6 Å². The van der Waals surface area contributed by atoms with Crippen LogP contribution in [0.3, 0.4) is 0 Å². The molecule has 3 aromatic carbocycles. The fourth-order valence-corrected chi connectivity index (χ4v) is 5.04. The van der Waals surface area contributed by atoms with Crippen LogP contribution in [0.5, 0.6) is 0 Å². The first-order valence-electron chi connectivity index (χ1n) is 9.95. The number of benzene rings is 3. The summed E-state index contributed by atoms with van der Waals surface area (Å²) in [6.07, 6.45) is 0. The monoisotopic (exact) mass is 449 g/mol. The van der Waals surface area contributed by atoms with Crippen molar-refractivity contribution >= 4 is 21.4 Å². The molecule has 7 nitrogen and oxygen atoms in total. The van der Waals surface area contributed by atoms with Crippen molar-refractivity contribution in [3.63, 3.8) is 0 Å². The summed E-state index contributed by atoms with van der Waals surface area (Å²) < 4.78 is 39.9. The Morgan fingerprint density at radius 3 is 2.41 bits per heavy atom. The van der Waals surface area contributed by atoms with Crippen LogP contribution >= 0.6 is 0 Å². The highest BCUT2D eigenvalue weighted by Crippen LogP contribution is 2.35. The van der Waals surface area contributed by atoms with E-state index in [1.54, 1.807) is 5.01 Å². The molecule has 0 spiro atoms. The molecule has 0 radical (unpaired) electrons. The molecule has 2 N–H and O–H groups in total. The Morgan fingerprint density at radius 1 is 0.969 bits per heavy atom. The summed E-state index contributed by atoms with van der Waals surface area (Å²) >= 11 is 0. The van der Waals surface area contributed by atoms with Crippen LogP contribution in [-0.2, 0) is 16.4 Å². The molecule has 0 unspecified atom stereocenters. The zero-order chi connectivity index (χ0) is 22.3. The fraction of sp³-hybridized carbons (Fsp3) is 0.0870. The molecule has 2 aliphatic heterocycles. The minimum Gasteiger partial charge on any atom is -0.355 e. The Labute approximate surface area is 185 Å². The van der Waals surface area contributed by atoms with Gasteiger partial charge in [0.05, 0.1) is 10.6 Å². The van der Waals surface area contributed by atoms with Gasteiger partial charge in [0.25, 0.3) is 0 Å². The van der Waals surface area contributed by atoms with E-state index in [0.29, 0.717) is 12.4 Å². The molecule has 0 saturated heterocycles. The lowest BCUT2D eigenvalue weighted by atomic mass is 10.1. The van der Waals surface area contributed by atoms with Crippen LogP contribution < -0.4 is 16.0 Å².